The highest BCUT2D eigenvalue weighted by Gasteiger charge is 2.22. The maximum Gasteiger partial charge on any atom is 0.127 e. The molecule has 4 rings (SSSR count). The molecule has 0 unspecified atom stereocenters. The predicted octanol–water partition coefficient (Wildman–Crippen LogP) is 9.06. The highest BCUT2D eigenvalue weighted by Crippen LogP contribution is 2.48. The molecule has 0 fully saturated rings. The van der Waals surface area contributed by atoms with Crippen LogP contribution in [0.2, 0.25) is 0 Å². The Kier molecular flexibility index (Phi) is 7.37. The Morgan fingerprint density at radius 1 is 0.839 bits per heavy atom. The fourth-order valence-electron chi connectivity index (χ4n) is 3.99. The molecule has 2 nitrogen and oxygen atoms in total. The molecule has 1 aliphatic heterocycles. The summed E-state index contributed by atoms with van der Waals surface area (Å²) in [6, 6.07) is 19.4. The fraction of sp³-hybridized carbons (Fsp3) is 0.286. The molecule has 0 saturated carbocycles. The number of anilines is 2. The van der Waals surface area contributed by atoms with E-state index in [2.05, 4.69) is 66.9 Å². The van der Waals surface area contributed by atoms with Crippen LogP contribution in [0.5, 0.6) is 0 Å². The van der Waals surface area contributed by atoms with Gasteiger partial charge >= 0.3 is 0 Å². The summed E-state index contributed by atoms with van der Waals surface area (Å²) in [4.78, 5) is 5.17. The normalized spacial score (nSPS) is 12.7. The Morgan fingerprint density at radius 2 is 1.61 bits per heavy atom. The minimum absolute atomic E-state index is 0.794. The molecule has 31 heavy (non-hydrogen) atoms. The minimum Gasteiger partial charge on any atom is -0.457 e. The summed E-state index contributed by atoms with van der Waals surface area (Å²) < 4.78 is 5.69. The lowest BCUT2D eigenvalue weighted by molar-refractivity contribution is 0.547. The van der Waals surface area contributed by atoms with Crippen LogP contribution in [-0.2, 0) is 0 Å². The number of furan rings is 1. The summed E-state index contributed by atoms with van der Waals surface area (Å²) in [5, 5.41) is 0. The highest BCUT2D eigenvalue weighted by molar-refractivity contribution is 7.99. The van der Waals surface area contributed by atoms with E-state index in [0.29, 0.717) is 0 Å². The summed E-state index contributed by atoms with van der Waals surface area (Å²) in [5.74, 6) is 1.64. The lowest BCUT2D eigenvalue weighted by atomic mass is 10.1. The lowest BCUT2D eigenvalue weighted by Gasteiger charge is -2.33. The smallest absolute Gasteiger partial charge is 0.127 e. The number of hydrogen-bond donors (Lipinski definition) is 0. The molecule has 2 heterocycles. The van der Waals surface area contributed by atoms with E-state index in [9.17, 15) is 0 Å². The van der Waals surface area contributed by atoms with Crippen molar-refractivity contribution in [3.63, 3.8) is 0 Å². The Hall–Kier alpha value is -2.65. The second-order valence-corrected chi connectivity index (χ2v) is 9.08. The first-order valence-corrected chi connectivity index (χ1v) is 12.2. The van der Waals surface area contributed by atoms with Gasteiger partial charge in [0.15, 0.2) is 0 Å². The molecule has 1 aromatic heterocycles. The minimum atomic E-state index is 0.794. The van der Waals surface area contributed by atoms with Crippen molar-refractivity contribution >= 4 is 41.4 Å². The third-order valence-electron chi connectivity index (χ3n) is 5.67. The second kappa shape index (κ2) is 10.6. The van der Waals surface area contributed by atoms with Gasteiger partial charge in [-0.05, 0) is 60.5 Å². The lowest BCUT2D eigenvalue weighted by Crippen LogP contribution is -2.22. The van der Waals surface area contributed by atoms with Crippen LogP contribution in [0.25, 0.3) is 18.2 Å². The summed E-state index contributed by atoms with van der Waals surface area (Å²) >= 11 is 1.87. The van der Waals surface area contributed by atoms with E-state index in [1.54, 1.807) is 6.08 Å². The van der Waals surface area contributed by atoms with Gasteiger partial charge in [-0.25, -0.2) is 0 Å². The van der Waals surface area contributed by atoms with Crippen LogP contribution in [0, 0.1) is 0 Å². The third kappa shape index (κ3) is 5.34. The maximum atomic E-state index is 5.69. The molecule has 0 spiro atoms. The van der Waals surface area contributed by atoms with E-state index in [1.807, 2.05) is 30.0 Å². The molecule has 0 atom stereocenters. The molecule has 0 radical (unpaired) electrons. The van der Waals surface area contributed by atoms with Crippen LogP contribution in [0.1, 0.15) is 62.5 Å². The van der Waals surface area contributed by atoms with Crippen LogP contribution in [0.4, 0.5) is 11.4 Å². The molecule has 3 aromatic rings. The first kappa shape index (κ1) is 21.6. The summed E-state index contributed by atoms with van der Waals surface area (Å²) in [6.45, 7) is 7.10. The highest BCUT2D eigenvalue weighted by atomic mass is 32.2. The molecule has 1 aliphatic rings. The van der Waals surface area contributed by atoms with Gasteiger partial charge in [-0.15, -0.1) is 0 Å². The summed E-state index contributed by atoms with van der Waals surface area (Å²) in [6.07, 6.45) is 13.8. The van der Waals surface area contributed by atoms with Crippen molar-refractivity contribution in [2.75, 3.05) is 11.4 Å². The molecule has 3 heteroatoms. The topological polar surface area (TPSA) is 16.4 Å². The zero-order valence-corrected chi connectivity index (χ0v) is 19.2. The van der Waals surface area contributed by atoms with Crippen LogP contribution >= 0.6 is 11.8 Å². The Labute approximate surface area is 190 Å². The van der Waals surface area contributed by atoms with Crippen molar-refractivity contribution in [3.05, 3.63) is 78.3 Å². The molecule has 0 amide bonds. The SMILES string of the molecule is C=Cc1ccc(/C=C/c2ccc3c(c2)Sc2ccccc2N3CCCCCCCC)o1. The Bertz CT molecular complexity index is 1050. The van der Waals surface area contributed by atoms with E-state index in [0.717, 1.165) is 18.1 Å². The molecule has 0 N–H and O–H groups in total. The number of benzene rings is 2. The number of fused-ring (bicyclic) bond motifs is 2. The first-order valence-electron chi connectivity index (χ1n) is 11.4. The van der Waals surface area contributed by atoms with Crippen molar-refractivity contribution in [2.45, 2.75) is 55.2 Å². The Morgan fingerprint density at radius 3 is 2.45 bits per heavy atom. The van der Waals surface area contributed by atoms with E-state index < -0.39 is 0 Å². The van der Waals surface area contributed by atoms with Crippen molar-refractivity contribution in [3.8, 4) is 0 Å². The van der Waals surface area contributed by atoms with E-state index >= 15 is 0 Å². The van der Waals surface area contributed by atoms with Gasteiger partial charge in [-0.1, -0.05) is 81.6 Å². The summed E-state index contributed by atoms with van der Waals surface area (Å²) in [5.41, 5.74) is 3.84. The second-order valence-electron chi connectivity index (χ2n) is 7.99. The first-order chi connectivity index (χ1) is 15.3. The largest absolute Gasteiger partial charge is 0.457 e. The Balaban J connectivity index is 1.51. The third-order valence-corrected chi connectivity index (χ3v) is 6.79. The maximum absolute atomic E-state index is 5.69. The molecule has 0 bridgehead atoms. The van der Waals surface area contributed by atoms with Gasteiger partial charge in [0.05, 0.1) is 11.4 Å². The van der Waals surface area contributed by atoms with Gasteiger partial charge in [0.1, 0.15) is 11.5 Å². The van der Waals surface area contributed by atoms with Crippen LogP contribution < -0.4 is 4.90 Å². The van der Waals surface area contributed by atoms with Crippen LogP contribution in [0.3, 0.4) is 0 Å². The molecule has 0 aliphatic carbocycles. The quantitative estimate of drug-likeness (QED) is 0.299. The van der Waals surface area contributed by atoms with Gasteiger partial charge in [0, 0.05) is 16.3 Å². The molecule has 0 saturated heterocycles. The van der Waals surface area contributed by atoms with Gasteiger partial charge < -0.3 is 9.32 Å². The van der Waals surface area contributed by atoms with Crippen molar-refractivity contribution in [2.24, 2.45) is 0 Å². The number of unbranched alkanes of at least 4 members (excludes halogenated alkanes) is 5. The van der Waals surface area contributed by atoms with E-state index in [-0.39, 0.29) is 0 Å². The van der Waals surface area contributed by atoms with Gasteiger partial charge in [-0.2, -0.15) is 0 Å². The summed E-state index contributed by atoms with van der Waals surface area (Å²) in [7, 11) is 0. The molecular formula is C28H31NOS. The molecule has 160 valence electrons. The van der Waals surface area contributed by atoms with E-state index in [4.69, 9.17) is 4.42 Å². The molecule has 2 aromatic carbocycles. The number of para-hydroxylation sites is 1. The van der Waals surface area contributed by atoms with E-state index in [1.165, 1.54) is 65.3 Å². The fourth-order valence-corrected chi connectivity index (χ4v) is 5.14. The van der Waals surface area contributed by atoms with Crippen molar-refractivity contribution in [1.29, 1.82) is 0 Å². The average Bonchev–Trinajstić information content (AvgIpc) is 3.27. The van der Waals surface area contributed by atoms with Crippen molar-refractivity contribution < 1.29 is 4.42 Å². The average molecular weight is 430 g/mol. The van der Waals surface area contributed by atoms with Crippen LogP contribution in [0.15, 0.2) is 75.4 Å². The number of rotatable bonds is 10. The van der Waals surface area contributed by atoms with Crippen molar-refractivity contribution in [1.82, 2.24) is 0 Å². The van der Waals surface area contributed by atoms with Gasteiger partial charge in [-0.3, -0.25) is 0 Å². The number of nitrogens with zero attached hydrogens (tertiary/aromatic N) is 1. The zero-order valence-electron chi connectivity index (χ0n) is 18.3. The predicted molar refractivity (Wildman–Crippen MR) is 135 cm³/mol. The monoisotopic (exact) mass is 429 g/mol. The van der Waals surface area contributed by atoms with Gasteiger partial charge in [0.2, 0.25) is 0 Å². The van der Waals surface area contributed by atoms with Crippen LogP contribution in [-0.4, -0.2) is 6.54 Å². The van der Waals surface area contributed by atoms with Gasteiger partial charge in [0.25, 0.3) is 0 Å². The standard InChI is InChI=1S/C28H31NOS/c1-3-5-6-7-8-11-20-29-25-12-9-10-13-27(25)31-28-21-22(15-19-26(28)29)14-16-24-18-17-23(4-2)30-24/h4,9-10,12-19,21H,2-3,5-8,11,20H2,1H3/b16-14+. The zero-order chi connectivity index (χ0) is 21.5. The number of hydrogen-bond acceptors (Lipinski definition) is 3. The molecular weight excluding hydrogens is 398 g/mol.